The molecule has 1 aliphatic carbocycles. The minimum absolute atomic E-state index is 0.215. The summed E-state index contributed by atoms with van der Waals surface area (Å²) in [5, 5.41) is 3.13. The Morgan fingerprint density at radius 1 is 1.05 bits per heavy atom. The molecule has 2 aromatic rings. The zero-order chi connectivity index (χ0) is 14.7. The van der Waals surface area contributed by atoms with Gasteiger partial charge in [0.05, 0.1) is 0 Å². The normalized spacial score (nSPS) is 14.4. The van der Waals surface area contributed by atoms with Crippen LogP contribution in [0, 0.1) is 11.6 Å². The maximum absolute atomic E-state index is 13.6. The first-order valence-corrected chi connectivity index (χ1v) is 7.24. The molecule has 0 bridgehead atoms. The molecule has 1 aromatic heterocycles. The molecule has 5 heteroatoms. The van der Waals surface area contributed by atoms with E-state index in [1.54, 1.807) is 0 Å². The van der Waals surface area contributed by atoms with E-state index in [-0.39, 0.29) is 6.54 Å². The molecule has 3 rings (SSSR count). The number of hydrogen-bond donors (Lipinski definition) is 1. The lowest BCUT2D eigenvalue weighted by molar-refractivity contribution is 0.587. The Hall–Kier alpha value is -2.04. The van der Waals surface area contributed by atoms with Crippen molar-refractivity contribution in [2.75, 3.05) is 5.32 Å². The largest absolute Gasteiger partial charge is 0.366 e. The Bertz CT molecular complexity index is 643. The summed E-state index contributed by atoms with van der Waals surface area (Å²) >= 11 is 0. The molecular formula is C16H17F2N3. The molecule has 1 N–H and O–H groups in total. The molecule has 0 spiro atoms. The molecule has 0 radical (unpaired) electrons. The van der Waals surface area contributed by atoms with Crippen LogP contribution in [0.15, 0.2) is 24.5 Å². The van der Waals surface area contributed by atoms with Crippen molar-refractivity contribution >= 4 is 5.82 Å². The van der Waals surface area contributed by atoms with Gasteiger partial charge in [-0.1, -0.05) is 6.42 Å². The van der Waals surface area contributed by atoms with Gasteiger partial charge in [0.15, 0.2) is 0 Å². The number of benzene rings is 1. The van der Waals surface area contributed by atoms with Crippen LogP contribution >= 0.6 is 0 Å². The summed E-state index contributed by atoms with van der Waals surface area (Å²) in [4.78, 5) is 8.60. The molecule has 0 atom stereocenters. The molecule has 1 heterocycles. The van der Waals surface area contributed by atoms with Gasteiger partial charge in [0.2, 0.25) is 0 Å². The van der Waals surface area contributed by atoms with E-state index in [1.807, 2.05) is 0 Å². The summed E-state index contributed by atoms with van der Waals surface area (Å²) in [6, 6.07) is 3.48. The Kier molecular flexibility index (Phi) is 4.08. The van der Waals surface area contributed by atoms with Gasteiger partial charge >= 0.3 is 0 Å². The van der Waals surface area contributed by atoms with Crippen molar-refractivity contribution in [1.29, 1.82) is 0 Å². The Labute approximate surface area is 122 Å². The molecule has 0 saturated carbocycles. The molecule has 110 valence electrons. The van der Waals surface area contributed by atoms with Crippen LogP contribution in [0.25, 0.3) is 0 Å². The first-order valence-electron chi connectivity index (χ1n) is 7.24. The zero-order valence-electron chi connectivity index (χ0n) is 11.7. The molecule has 1 aromatic carbocycles. The average Bonchev–Trinajstić information content (AvgIpc) is 2.74. The van der Waals surface area contributed by atoms with Crippen molar-refractivity contribution in [3.63, 3.8) is 0 Å². The third-order valence-electron chi connectivity index (χ3n) is 3.83. The Morgan fingerprint density at radius 3 is 2.81 bits per heavy atom. The van der Waals surface area contributed by atoms with Gasteiger partial charge < -0.3 is 5.32 Å². The number of nitrogens with zero attached hydrogens (tertiary/aromatic N) is 2. The van der Waals surface area contributed by atoms with E-state index in [0.29, 0.717) is 5.56 Å². The highest BCUT2D eigenvalue weighted by atomic mass is 19.1. The minimum Gasteiger partial charge on any atom is -0.366 e. The fraction of sp³-hybridized carbons (Fsp3) is 0.375. The fourth-order valence-electron chi connectivity index (χ4n) is 2.71. The van der Waals surface area contributed by atoms with Crippen molar-refractivity contribution in [2.45, 2.75) is 38.6 Å². The van der Waals surface area contributed by atoms with Crippen LogP contribution in [-0.4, -0.2) is 9.97 Å². The summed E-state index contributed by atoms with van der Waals surface area (Å²) in [6.07, 6.45) is 6.87. The molecular weight excluding hydrogens is 272 g/mol. The number of anilines is 1. The van der Waals surface area contributed by atoms with Gasteiger partial charge in [-0.05, 0) is 43.9 Å². The number of hydrogen-bond acceptors (Lipinski definition) is 3. The lowest BCUT2D eigenvalue weighted by Crippen LogP contribution is -2.09. The predicted molar refractivity (Wildman–Crippen MR) is 77.0 cm³/mol. The standard InChI is InChI=1S/C16H17F2N3/c17-12-6-7-14(18)11(8-12)9-19-16-13-4-2-1-3-5-15(13)20-10-21-16/h6-8,10H,1-5,9H2,(H,19,20,21). The molecule has 0 amide bonds. The Morgan fingerprint density at radius 2 is 1.90 bits per heavy atom. The van der Waals surface area contributed by atoms with Crippen LogP contribution in [0.2, 0.25) is 0 Å². The topological polar surface area (TPSA) is 37.8 Å². The fourth-order valence-corrected chi connectivity index (χ4v) is 2.71. The van der Waals surface area contributed by atoms with Crippen molar-refractivity contribution in [1.82, 2.24) is 9.97 Å². The van der Waals surface area contributed by atoms with Gasteiger partial charge in [0, 0.05) is 23.4 Å². The number of aromatic nitrogens is 2. The molecule has 21 heavy (non-hydrogen) atoms. The number of fused-ring (bicyclic) bond motifs is 1. The highest BCUT2D eigenvalue weighted by Crippen LogP contribution is 2.24. The van der Waals surface area contributed by atoms with Crippen molar-refractivity contribution in [2.24, 2.45) is 0 Å². The quantitative estimate of drug-likeness (QED) is 0.877. The van der Waals surface area contributed by atoms with Gasteiger partial charge in [-0.3, -0.25) is 0 Å². The maximum atomic E-state index is 13.6. The maximum Gasteiger partial charge on any atom is 0.133 e. The van der Waals surface area contributed by atoms with Gasteiger partial charge in [-0.25, -0.2) is 18.7 Å². The van der Waals surface area contributed by atoms with Crippen molar-refractivity contribution in [3.8, 4) is 0 Å². The SMILES string of the molecule is Fc1ccc(F)c(CNc2ncnc3c2CCCCC3)c1. The summed E-state index contributed by atoms with van der Waals surface area (Å²) in [6.45, 7) is 0.215. The molecule has 3 nitrogen and oxygen atoms in total. The molecule has 0 unspecified atom stereocenters. The highest BCUT2D eigenvalue weighted by Gasteiger charge is 2.14. The van der Waals surface area contributed by atoms with E-state index in [0.717, 1.165) is 54.9 Å². The van der Waals surface area contributed by atoms with Crippen molar-refractivity contribution < 1.29 is 8.78 Å². The van der Waals surface area contributed by atoms with Crippen LogP contribution in [-0.2, 0) is 19.4 Å². The second-order valence-corrected chi connectivity index (χ2v) is 5.30. The van der Waals surface area contributed by atoms with Crippen LogP contribution in [0.1, 0.15) is 36.1 Å². The molecule has 0 aliphatic heterocycles. The van der Waals surface area contributed by atoms with E-state index in [4.69, 9.17) is 0 Å². The van der Waals surface area contributed by atoms with Crippen LogP contribution in [0.3, 0.4) is 0 Å². The average molecular weight is 289 g/mol. The van der Waals surface area contributed by atoms with E-state index in [9.17, 15) is 8.78 Å². The van der Waals surface area contributed by atoms with Crippen LogP contribution < -0.4 is 5.32 Å². The van der Waals surface area contributed by atoms with Crippen LogP contribution in [0.4, 0.5) is 14.6 Å². The lowest BCUT2D eigenvalue weighted by Gasteiger charge is -2.12. The minimum atomic E-state index is -0.435. The van der Waals surface area contributed by atoms with Gasteiger partial charge in [0.1, 0.15) is 23.8 Å². The molecule has 0 saturated heterocycles. The number of nitrogens with one attached hydrogen (secondary N) is 1. The number of rotatable bonds is 3. The lowest BCUT2D eigenvalue weighted by atomic mass is 10.1. The first kappa shape index (κ1) is 13.9. The second kappa shape index (κ2) is 6.16. The third kappa shape index (κ3) is 3.17. The van der Waals surface area contributed by atoms with E-state index >= 15 is 0 Å². The predicted octanol–water partition coefficient (Wildman–Crippen LogP) is 3.64. The molecule has 0 fully saturated rings. The second-order valence-electron chi connectivity index (χ2n) is 5.30. The molecule has 1 aliphatic rings. The highest BCUT2D eigenvalue weighted by molar-refractivity contribution is 5.47. The summed E-state index contributed by atoms with van der Waals surface area (Å²) in [7, 11) is 0. The summed E-state index contributed by atoms with van der Waals surface area (Å²) in [5.74, 6) is -0.107. The van der Waals surface area contributed by atoms with Gasteiger partial charge in [-0.2, -0.15) is 0 Å². The zero-order valence-corrected chi connectivity index (χ0v) is 11.7. The van der Waals surface area contributed by atoms with Crippen molar-refractivity contribution in [3.05, 3.63) is 53.0 Å². The summed E-state index contributed by atoms with van der Waals surface area (Å²) < 4.78 is 26.8. The smallest absolute Gasteiger partial charge is 0.133 e. The van der Waals surface area contributed by atoms with E-state index in [2.05, 4.69) is 15.3 Å². The van der Waals surface area contributed by atoms with E-state index in [1.165, 1.54) is 18.8 Å². The van der Waals surface area contributed by atoms with E-state index < -0.39 is 11.6 Å². The summed E-state index contributed by atoms with van der Waals surface area (Å²) in [5.41, 5.74) is 2.49. The Balaban J connectivity index is 1.81. The third-order valence-corrected chi connectivity index (χ3v) is 3.83. The van der Waals surface area contributed by atoms with Gasteiger partial charge in [-0.15, -0.1) is 0 Å². The number of aryl methyl sites for hydroxylation is 1. The monoisotopic (exact) mass is 289 g/mol. The number of halogens is 2. The first-order chi connectivity index (χ1) is 10.2. The van der Waals surface area contributed by atoms with Gasteiger partial charge in [0.25, 0.3) is 0 Å². The van der Waals surface area contributed by atoms with Crippen LogP contribution in [0.5, 0.6) is 0 Å².